The van der Waals surface area contributed by atoms with E-state index in [2.05, 4.69) is 26.6 Å². The van der Waals surface area contributed by atoms with Crippen molar-refractivity contribution < 1.29 is 0 Å². The summed E-state index contributed by atoms with van der Waals surface area (Å²) in [4.78, 5) is 0. The summed E-state index contributed by atoms with van der Waals surface area (Å²) in [5, 5.41) is 8.09. The van der Waals surface area contributed by atoms with E-state index >= 15 is 0 Å². The Morgan fingerprint density at radius 2 is 1.91 bits per heavy atom. The van der Waals surface area contributed by atoms with E-state index in [1.165, 1.54) is 0 Å². The van der Waals surface area contributed by atoms with Crippen LogP contribution in [0.4, 0.5) is 5.69 Å². The average Bonchev–Trinajstić information content (AvgIpc) is 2.47. The van der Waals surface area contributed by atoms with Gasteiger partial charge in [0.15, 0.2) is 5.11 Å². The van der Waals surface area contributed by atoms with Gasteiger partial charge in [-0.2, -0.15) is 0 Å². The Kier molecular flexibility index (Phi) is 6.50. The molecule has 2 aromatic carbocycles. The van der Waals surface area contributed by atoms with Crippen molar-refractivity contribution in [3.63, 3.8) is 0 Å². The van der Waals surface area contributed by atoms with Crippen molar-refractivity contribution in [3.8, 4) is 0 Å². The molecule has 2 nitrogen and oxygen atoms in total. The number of halogens is 3. The maximum absolute atomic E-state index is 6.00. The van der Waals surface area contributed by atoms with Gasteiger partial charge in [-0.25, -0.2) is 0 Å². The number of hydrogen-bond acceptors (Lipinski definition) is 1. The maximum Gasteiger partial charge on any atom is 0.170 e. The third-order valence-corrected chi connectivity index (χ3v) is 4.97. The minimum atomic E-state index is 0.571. The fourth-order valence-corrected chi connectivity index (χ4v) is 2.70. The van der Waals surface area contributed by atoms with Crippen molar-refractivity contribution in [1.82, 2.24) is 5.32 Å². The number of rotatable bonds is 4. The smallest absolute Gasteiger partial charge is 0.170 e. The number of aryl methyl sites for hydroxylation is 1. The number of anilines is 1. The van der Waals surface area contributed by atoms with Gasteiger partial charge in [0.05, 0.1) is 10.0 Å². The van der Waals surface area contributed by atoms with E-state index in [0.29, 0.717) is 15.2 Å². The van der Waals surface area contributed by atoms with Gasteiger partial charge in [0.2, 0.25) is 0 Å². The molecule has 116 valence electrons. The van der Waals surface area contributed by atoms with Crippen LogP contribution in [0, 0.1) is 6.92 Å². The molecular formula is C16H15BrCl2N2S. The average molecular weight is 418 g/mol. The van der Waals surface area contributed by atoms with Crippen LogP contribution in [-0.4, -0.2) is 11.7 Å². The van der Waals surface area contributed by atoms with E-state index in [0.717, 1.165) is 34.3 Å². The number of thiocarbonyl (C=S) groups is 1. The molecule has 0 saturated heterocycles. The number of hydrogen-bond donors (Lipinski definition) is 2. The summed E-state index contributed by atoms with van der Waals surface area (Å²) in [6.45, 7) is 2.76. The summed E-state index contributed by atoms with van der Waals surface area (Å²) in [6.07, 6.45) is 0.818. The van der Waals surface area contributed by atoms with Gasteiger partial charge in [-0.15, -0.1) is 0 Å². The fourth-order valence-electron chi connectivity index (χ4n) is 1.91. The third kappa shape index (κ3) is 5.13. The number of nitrogens with one attached hydrogen (secondary N) is 2. The molecule has 0 bridgehead atoms. The van der Waals surface area contributed by atoms with Crippen molar-refractivity contribution in [2.24, 2.45) is 0 Å². The van der Waals surface area contributed by atoms with Gasteiger partial charge < -0.3 is 10.6 Å². The lowest BCUT2D eigenvalue weighted by Crippen LogP contribution is -2.30. The lowest BCUT2D eigenvalue weighted by molar-refractivity contribution is 0.873. The zero-order valence-electron chi connectivity index (χ0n) is 11.9. The molecule has 6 heteroatoms. The predicted molar refractivity (Wildman–Crippen MR) is 103 cm³/mol. The van der Waals surface area contributed by atoms with Crippen LogP contribution in [0.1, 0.15) is 11.1 Å². The summed E-state index contributed by atoms with van der Waals surface area (Å²) in [5.41, 5.74) is 3.24. The molecule has 0 atom stereocenters. The van der Waals surface area contributed by atoms with Crippen LogP contribution < -0.4 is 10.6 Å². The second kappa shape index (κ2) is 8.16. The topological polar surface area (TPSA) is 24.1 Å². The Balaban J connectivity index is 1.82. The molecule has 0 fully saturated rings. The molecule has 0 heterocycles. The molecule has 0 aliphatic heterocycles. The van der Waals surface area contributed by atoms with Crippen molar-refractivity contribution in [3.05, 3.63) is 62.0 Å². The van der Waals surface area contributed by atoms with Gasteiger partial charge in [-0.1, -0.05) is 45.2 Å². The highest BCUT2D eigenvalue weighted by molar-refractivity contribution is 9.10. The van der Waals surface area contributed by atoms with Gasteiger partial charge in [0.1, 0.15) is 0 Å². The first kappa shape index (κ1) is 17.5. The van der Waals surface area contributed by atoms with Crippen LogP contribution in [0.15, 0.2) is 40.9 Å². The van der Waals surface area contributed by atoms with E-state index in [1.807, 2.05) is 37.3 Å². The highest BCUT2D eigenvalue weighted by Gasteiger charge is 2.02. The normalized spacial score (nSPS) is 10.4. The van der Waals surface area contributed by atoms with Crippen molar-refractivity contribution >= 4 is 62.1 Å². The molecule has 0 aromatic heterocycles. The Morgan fingerprint density at radius 1 is 1.14 bits per heavy atom. The van der Waals surface area contributed by atoms with E-state index in [9.17, 15) is 0 Å². The standard InChI is InChI=1S/C16H15BrCl2N2S/c1-10-8-12(3-4-13(10)17)21-16(22)20-7-6-11-2-5-14(18)15(19)9-11/h2-5,8-9H,6-7H2,1H3,(H2,20,21,22). The molecule has 0 aliphatic carbocycles. The van der Waals surface area contributed by atoms with Crippen LogP contribution in [0.25, 0.3) is 0 Å². The molecule has 22 heavy (non-hydrogen) atoms. The Bertz CT molecular complexity index is 692. The summed E-state index contributed by atoms with van der Waals surface area (Å²) in [6, 6.07) is 11.7. The maximum atomic E-state index is 6.00. The SMILES string of the molecule is Cc1cc(NC(=S)NCCc2ccc(Cl)c(Cl)c2)ccc1Br. The van der Waals surface area contributed by atoms with Gasteiger partial charge in [0, 0.05) is 16.7 Å². The quantitative estimate of drug-likeness (QED) is 0.633. The van der Waals surface area contributed by atoms with Gasteiger partial charge in [-0.3, -0.25) is 0 Å². The van der Waals surface area contributed by atoms with Crippen LogP contribution in [0.3, 0.4) is 0 Å². The molecule has 2 rings (SSSR count). The second-order valence-electron chi connectivity index (χ2n) is 4.84. The fraction of sp³-hybridized carbons (Fsp3) is 0.188. The molecule has 0 saturated carbocycles. The van der Waals surface area contributed by atoms with Crippen LogP contribution in [0.5, 0.6) is 0 Å². The largest absolute Gasteiger partial charge is 0.362 e. The molecule has 0 spiro atoms. The molecule has 0 radical (unpaired) electrons. The van der Waals surface area contributed by atoms with Crippen molar-refractivity contribution in [1.29, 1.82) is 0 Å². The van der Waals surface area contributed by atoms with E-state index in [4.69, 9.17) is 35.4 Å². The zero-order chi connectivity index (χ0) is 16.1. The second-order valence-corrected chi connectivity index (χ2v) is 6.92. The lowest BCUT2D eigenvalue weighted by atomic mass is 10.1. The van der Waals surface area contributed by atoms with E-state index < -0.39 is 0 Å². The number of benzene rings is 2. The monoisotopic (exact) mass is 416 g/mol. The molecule has 0 aliphatic rings. The first-order valence-electron chi connectivity index (χ1n) is 6.70. The van der Waals surface area contributed by atoms with Gasteiger partial charge in [-0.05, 0) is 67.0 Å². The Labute approximate surface area is 154 Å². The summed E-state index contributed by atoms with van der Waals surface area (Å²) in [7, 11) is 0. The molecule has 0 amide bonds. The van der Waals surface area contributed by atoms with E-state index in [1.54, 1.807) is 6.07 Å². The summed E-state index contributed by atoms with van der Waals surface area (Å²) < 4.78 is 1.08. The minimum absolute atomic E-state index is 0.571. The lowest BCUT2D eigenvalue weighted by Gasteiger charge is -2.11. The summed E-state index contributed by atoms with van der Waals surface area (Å²) >= 11 is 20.7. The Hall–Kier alpha value is -0.810. The van der Waals surface area contributed by atoms with E-state index in [-0.39, 0.29) is 0 Å². The van der Waals surface area contributed by atoms with Crippen molar-refractivity contribution in [2.75, 3.05) is 11.9 Å². The Morgan fingerprint density at radius 3 is 2.59 bits per heavy atom. The molecule has 2 aromatic rings. The molecular weight excluding hydrogens is 403 g/mol. The summed E-state index contributed by atoms with van der Waals surface area (Å²) in [5.74, 6) is 0. The third-order valence-electron chi connectivity index (χ3n) is 3.10. The highest BCUT2D eigenvalue weighted by atomic mass is 79.9. The first-order chi connectivity index (χ1) is 10.5. The zero-order valence-corrected chi connectivity index (χ0v) is 15.8. The first-order valence-corrected chi connectivity index (χ1v) is 8.66. The van der Waals surface area contributed by atoms with Crippen LogP contribution >= 0.6 is 51.3 Å². The predicted octanol–water partition coefficient (Wildman–Crippen LogP) is 5.59. The van der Waals surface area contributed by atoms with Crippen molar-refractivity contribution in [2.45, 2.75) is 13.3 Å². The van der Waals surface area contributed by atoms with Gasteiger partial charge in [0.25, 0.3) is 0 Å². The van der Waals surface area contributed by atoms with Gasteiger partial charge >= 0.3 is 0 Å². The molecule has 0 unspecified atom stereocenters. The van der Waals surface area contributed by atoms with Crippen LogP contribution in [0.2, 0.25) is 10.0 Å². The minimum Gasteiger partial charge on any atom is -0.362 e. The highest BCUT2D eigenvalue weighted by Crippen LogP contribution is 2.22. The molecule has 2 N–H and O–H groups in total. The van der Waals surface area contributed by atoms with Crippen LogP contribution in [-0.2, 0) is 6.42 Å².